The van der Waals surface area contributed by atoms with Crippen LogP contribution in [0.2, 0.25) is 0 Å². The Morgan fingerprint density at radius 3 is 2.65 bits per heavy atom. The molecular weight excluding hydrogens is 256 g/mol. The van der Waals surface area contributed by atoms with Gasteiger partial charge in [0, 0.05) is 12.1 Å². The van der Waals surface area contributed by atoms with Crippen molar-refractivity contribution < 1.29 is 4.92 Å². The average Bonchev–Trinajstić information content (AvgIpc) is 2.98. The van der Waals surface area contributed by atoms with Gasteiger partial charge in [-0.2, -0.15) is 0 Å². The van der Waals surface area contributed by atoms with Gasteiger partial charge in [0.1, 0.15) is 5.69 Å². The van der Waals surface area contributed by atoms with E-state index in [0.29, 0.717) is 0 Å². The third-order valence-electron chi connectivity index (χ3n) is 3.44. The lowest BCUT2D eigenvalue weighted by molar-refractivity contribution is -0.384. The number of nitro benzene ring substituents is 1. The van der Waals surface area contributed by atoms with Gasteiger partial charge in [0.05, 0.1) is 16.8 Å². The second-order valence-corrected chi connectivity index (χ2v) is 4.80. The molecule has 1 aliphatic carbocycles. The van der Waals surface area contributed by atoms with Crippen LogP contribution in [-0.4, -0.2) is 19.9 Å². The van der Waals surface area contributed by atoms with Crippen molar-refractivity contribution in [2.24, 2.45) is 0 Å². The highest BCUT2D eigenvalue weighted by molar-refractivity contribution is 5.62. The number of nitrogens with zero attached hydrogens (tertiary/aromatic N) is 4. The summed E-state index contributed by atoms with van der Waals surface area (Å²) in [5.74, 6) is 0. The van der Waals surface area contributed by atoms with Crippen LogP contribution in [0, 0.1) is 10.1 Å². The topological polar surface area (TPSA) is 73.8 Å². The number of aromatic nitrogens is 3. The maximum atomic E-state index is 10.6. The van der Waals surface area contributed by atoms with E-state index in [1.54, 1.807) is 16.8 Å². The molecule has 1 aromatic heterocycles. The first kappa shape index (κ1) is 12.5. The van der Waals surface area contributed by atoms with Crippen molar-refractivity contribution in [3.8, 4) is 5.69 Å². The maximum Gasteiger partial charge on any atom is 0.269 e. The molecule has 0 bridgehead atoms. The molecule has 102 valence electrons. The monoisotopic (exact) mass is 270 g/mol. The van der Waals surface area contributed by atoms with Crippen LogP contribution in [0.15, 0.2) is 36.5 Å². The molecule has 2 aromatic rings. The van der Waals surface area contributed by atoms with Crippen LogP contribution in [0.4, 0.5) is 5.69 Å². The molecule has 0 radical (unpaired) electrons. The van der Waals surface area contributed by atoms with Gasteiger partial charge >= 0.3 is 0 Å². The van der Waals surface area contributed by atoms with Gasteiger partial charge in [0.15, 0.2) is 0 Å². The predicted octanol–water partition coefficient (Wildman–Crippen LogP) is 3.13. The molecule has 20 heavy (non-hydrogen) atoms. The third kappa shape index (κ3) is 2.45. The van der Waals surface area contributed by atoms with Crippen LogP contribution < -0.4 is 0 Å². The maximum absolute atomic E-state index is 10.6. The van der Waals surface area contributed by atoms with Crippen LogP contribution in [-0.2, 0) is 0 Å². The lowest BCUT2D eigenvalue weighted by atomic mass is 9.98. The van der Waals surface area contributed by atoms with Crippen molar-refractivity contribution >= 4 is 11.3 Å². The summed E-state index contributed by atoms with van der Waals surface area (Å²) in [5, 5.41) is 18.9. The summed E-state index contributed by atoms with van der Waals surface area (Å²) in [6.45, 7) is 0. The molecule has 0 spiro atoms. The third-order valence-corrected chi connectivity index (χ3v) is 3.44. The van der Waals surface area contributed by atoms with Gasteiger partial charge in [-0.25, -0.2) is 4.68 Å². The zero-order valence-corrected chi connectivity index (χ0v) is 10.9. The molecule has 6 nitrogen and oxygen atoms in total. The predicted molar refractivity (Wildman–Crippen MR) is 74.5 cm³/mol. The van der Waals surface area contributed by atoms with Crippen molar-refractivity contribution in [3.05, 3.63) is 52.3 Å². The lowest BCUT2D eigenvalue weighted by Crippen LogP contribution is -1.95. The van der Waals surface area contributed by atoms with Gasteiger partial charge in [-0.1, -0.05) is 11.3 Å². The van der Waals surface area contributed by atoms with E-state index in [0.717, 1.165) is 24.2 Å². The van der Waals surface area contributed by atoms with Gasteiger partial charge in [0.2, 0.25) is 0 Å². The van der Waals surface area contributed by atoms with Crippen LogP contribution in [0.3, 0.4) is 0 Å². The molecule has 0 aliphatic heterocycles. The first-order valence-corrected chi connectivity index (χ1v) is 6.60. The van der Waals surface area contributed by atoms with E-state index in [2.05, 4.69) is 16.4 Å². The first-order valence-electron chi connectivity index (χ1n) is 6.60. The summed E-state index contributed by atoms with van der Waals surface area (Å²) in [7, 11) is 0. The molecule has 1 aliphatic rings. The zero-order valence-electron chi connectivity index (χ0n) is 10.9. The highest BCUT2D eigenvalue weighted by Crippen LogP contribution is 2.25. The van der Waals surface area contributed by atoms with Gasteiger partial charge in [0.25, 0.3) is 5.69 Å². The smallest absolute Gasteiger partial charge is 0.258 e. The van der Waals surface area contributed by atoms with E-state index in [-0.39, 0.29) is 5.69 Å². The van der Waals surface area contributed by atoms with E-state index in [4.69, 9.17) is 0 Å². The molecule has 0 amide bonds. The van der Waals surface area contributed by atoms with E-state index in [1.807, 2.05) is 6.20 Å². The summed E-state index contributed by atoms with van der Waals surface area (Å²) in [6.07, 6.45) is 8.65. The van der Waals surface area contributed by atoms with Gasteiger partial charge in [-0.3, -0.25) is 10.1 Å². The molecule has 0 saturated heterocycles. The molecule has 0 fully saturated rings. The largest absolute Gasteiger partial charge is 0.269 e. The molecule has 0 saturated carbocycles. The molecular formula is C14H14N4O2. The van der Waals surface area contributed by atoms with Crippen molar-refractivity contribution in [3.63, 3.8) is 0 Å². The molecule has 0 atom stereocenters. The normalized spacial score (nSPS) is 14.9. The van der Waals surface area contributed by atoms with Crippen LogP contribution in [0.1, 0.15) is 31.4 Å². The minimum Gasteiger partial charge on any atom is -0.258 e. The summed E-state index contributed by atoms with van der Waals surface area (Å²) >= 11 is 0. The Hall–Kier alpha value is -2.50. The van der Waals surface area contributed by atoms with Crippen molar-refractivity contribution in [1.82, 2.24) is 15.0 Å². The summed E-state index contributed by atoms with van der Waals surface area (Å²) in [5.41, 5.74) is 2.97. The zero-order chi connectivity index (χ0) is 13.9. The molecule has 0 N–H and O–H groups in total. The van der Waals surface area contributed by atoms with Crippen molar-refractivity contribution in [2.75, 3.05) is 0 Å². The lowest BCUT2D eigenvalue weighted by Gasteiger charge is -2.08. The standard InChI is InChI=1S/C14H14N4O2/c19-18(20)13-8-6-12(7-9-13)17-10-14(15-16-17)11-4-2-1-3-5-11/h4,6-10H,1-3,5H2. The number of rotatable bonds is 3. The van der Waals surface area contributed by atoms with E-state index >= 15 is 0 Å². The Morgan fingerprint density at radius 1 is 1.20 bits per heavy atom. The molecule has 6 heteroatoms. The Morgan fingerprint density at radius 2 is 2.00 bits per heavy atom. The highest BCUT2D eigenvalue weighted by Gasteiger charge is 2.11. The van der Waals surface area contributed by atoms with Gasteiger partial charge < -0.3 is 0 Å². The number of nitro groups is 1. The fraction of sp³-hybridized carbons (Fsp3) is 0.286. The Labute approximate surface area is 115 Å². The van der Waals surface area contributed by atoms with Gasteiger partial charge in [-0.05, 0) is 43.4 Å². The minimum atomic E-state index is -0.413. The van der Waals surface area contributed by atoms with Crippen LogP contribution in [0.25, 0.3) is 11.3 Å². The summed E-state index contributed by atoms with van der Waals surface area (Å²) < 4.78 is 1.65. The number of non-ortho nitro benzene ring substituents is 1. The first-order chi connectivity index (χ1) is 9.74. The molecule has 1 heterocycles. The van der Waals surface area contributed by atoms with Crippen molar-refractivity contribution in [1.29, 1.82) is 0 Å². The van der Waals surface area contributed by atoms with Crippen molar-refractivity contribution in [2.45, 2.75) is 25.7 Å². The van der Waals surface area contributed by atoms with Crippen LogP contribution >= 0.6 is 0 Å². The summed E-state index contributed by atoms with van der Waals surface area (Å²) in [4.78, 5) is 10.2. The second kappa shape index (κ2) is 5.24. The Kier molecular flexibility index (Phi) is 3.28. The molecule has 3 rings (SSSR count). The second-order valence-electron chi connectivity index (χ2n) is 4.80. The Balaban J connectivity index is 1.86. The number of hydrogen-bond donors (Lipinski definition) is 0. The molecule has 1 aromatic carbocycles. The average molecular weight is 270 g/mol. The van der Waals surface area contributed by atoms with E-state index in [9.17, 15) is 10.1 Å². The highest BCUT2D eigenvalue weighted by atomic mass is 16.6. The number of allylic oxidation sites excluding steroid dienone is 2. The number of hydrogen-bond acceptors (Lipinski definition) is 4. The van der Waals surface area contributed by atoms with E-state index in [1.165, 1.54) is 30.5 Å². The van der Waals surface area contributed by atoms with Crippen LogP contribution in [0.5, 0.6) is 0 Å². The minimum absolute atomic E-state index is 0.0732. The quantitative estimate of drug-likeness (QED) is 0.634. The molecule has 0 unspecified atom stereocenters. The fourth-order valence-electron chi connectivity index (χ4n) is 2.34. The number of benzene rings is 1. The Bertz CT molecular complexity index is 658. The van der Waals surface area contributed by atoms with Gasteiger partial charge in [-0.15, -0.1) is 5.10 Å². The fourth-order valence-corrected chi connectivity index (χ4v) is 2.34. The SMILES string of the molecule is O=[N+]([O-])c1ccc(-n2cc(C3=CCCCC3)nn2)cc1. The van der Waals surface area contributed by atoms with E-state index < -0.39 is 4.92 Å². The summed E-state index contributed by atoms with van der Waals surface area (Å²) in [6, 6.07) is 6.28.